The smallest absolute Gasteiger partial charge is 0.277 e. The number of carbonyl (C=O) groups excluding carboxylic acids is 4. The molecule has 4 amide bonds. The van der Waals surface area contributed by atoms with Gasteiger partial charge in [0.2, 0.25) is 11.8 Å². The van der Waals surface area contributed by atoms with Crippen molar-refractivity contribution in [3.05, 3.63) is 76.3 Å². The fraction of sp³-hybridized carbons (Fsp3) is 0.500. The molecule has 4 aromatic rings. The van der Waals surface area contributed by atoms with Crippen LogP contribution in [0.2, 0.25) is 0 Å². The van der Waals surface area contributed by atoms with E-state index in [4.69, 9.17) is 4.84 Å². The number of carbonyl (C=O) groups is 4. The number of aromatic nitrogens is 3. The van der Waals surface area contributed by atoms with Crippen LogP contribution >= 0.6 is 15.9 Å². The van der Waals surface area contributed by atoms with Gasteiger partial charge in [0.05, 0.1) is 46.6 Å². The summed E-state index contributed by atoms with van der Waals surface area (Å²) in [5.74, 6) is -1.37. The van der Waals surface area contributed by atoms with E-state index >= 15 is 4.39 Å². The molecule has 1 unspecified atom stereocenters. The van der Waals surface area contributed by atoms with Crippen LogP contribution in [-0.2, 0) is 26.3 Å². The minimum absolute atomic E-state index is 0.0147. The van der Waals surface area contributed by atoms with Crippen LogP contribution in [0, 0.1) is 29.4 Å². The van der Waals surface area contributed by atoms with E-state index < -0.39 is 17.5 Å². The predicted molar refractivity (Wildman–Crippen MR) is 229 cm³/mol. The Balaban J connectivity index is 0.739. The van der Waals surface area contributed by atoms with Gasteiger partial charge in [-0.1, -0.05) is 15.9 Å². The van der Waals surface area contributed by atoms with E-state index in [9.17, 15) is 23.6 Å². The number of nitrogens with zero attached hydrogens (tertiary/aromatic N) is 6. The molecule has 2 aromatic carbocycles. The Morgan fingerprint density at radius 2 is 1.64 bits per heavy atom. The lowest BCUT2D eigenvalue weighted by molar-refractivity contribution is -0.139. The summed E-state index contributed by atoms with van der Waals surface area (Å²) in [4.78, 5) is 71.1. The average Bonchev–Trinajstić information content (AvgIpc) is 3.63. The van der Waals surface area contributed by atoms with Crippen LogP contribution in [0.15, 0.2) is 53.5 Å². The molecule has 0 aliphatic carbocycles. The Labute approximate surface area is 361 Å². The maximum absolute atomic E-state index is 15.7. The third-order valence-electron chi connectivity index (χ3n) is 13.0. The van der Waals surface area contributed by atoms with Crippen LogP contribution in [0.5, 0.6) is 0 Å². The van der Waals surface area contributed by atoms with Crippen LogP contribution in [-0.4, -0.2) is 100 Å². The fourth-order valence-electron chi connectivity index (χ4n) is 9.41. The number of likely N-dealkylation sites (tertiary alicyclic amines) is 2. The normalized spacial score (nSPS) is 20.0. The van der Waals surface area contributed by atoms with Crippen molar-refractivity contribution in [2.24, 2.45) is 24.8 Å². The maximum Gasteiger partial charge on any atom is 0.277 e. The van der Waals surface area contributed by atoms with Crippen LogP contribution < -0.4 is 21.0 Å². The molecule has 14 nitrogen and oxygen atoms in total. The number of piperidine rings is 4. The van der Waals surface area contributed by atoms with Gasteiger partial charge < -0.3 is 24.6 Å². The van der Waals surface area contributed by atoms with E-state index in [-0.39, 0.29) is 52.7 Å². The zero-order valence-electron chi connectivity index (χ0n) is 34.3. The van der Waals surface area contributed by atoms with Crippen LogP contribution in [0.3, 0.4) is 0 Å². The fourth-order valence-corrected chi connectivity index (χ4v) is 9.75. The van der Waals surface area contributed by atoms with Gasteiger partial charge in [0.1, 0.15) is 11.3 Å². The van der Waals surface area contributed by atoms with Gasteiger partial charge in [-0.15, -0.1) is 0 Å². The lowest BCUT2D eigenvalue weighted by atomic mass is 9.82. The van der Waals surface area contributed by atoms with Crippen molar-refractivity contribution in [1.82, 2.24) is 35.1 Å². The molecule has 324 valence electrons. The standard InChI is InChI=1S/C44H52BrF2N9O5/c1-53-26-49-42-37(53)21-34(41(40(42)47)50-36-4-2-31(45)20-35(36)46)44(60)52-61-25-39(58)56-16-8-28(9-17-56)18-27-6-12-54(13-7-27)24-29-10-14-55(15-11-29)32-19-30(22-48-23-32)33-3-5-38(57)51-43(33)59/h2,4,19-23,26-29,33,50H,3,5-18,24-25H2,1H3,(H,52,60)(H,51,57,59). The molecule has 17 heteroatoms. The number of pyridine rings is 1. The van der Waals surface area contributed by atoms with Gasteiger partial charge >= 0.3 is 0 Å². The first kappa shape index (κ1) is 42.7. The van der Waals surface area contributed by atoms with E-state index in [1.807, 2.05) is 6.20 Å². The van der Waals surface area contributed by atoms with E-state index in [1.54, 1.807) is 28.8 Å². The number of rotatable bonds is 12. The van der Waals surface area contributed by atoms with Gasteiger partial charge in [-0.2, -0.15) is 0 Å². The van der Waals surface area contributed by atoms with Gasteiger partial charge in [0.15, 0.2) is 12.4 Å². The lowest BCUT2D eigenvalue weighted by Crippen LogP contribution is -2.43. The summed E-state index contributed by atoms with van der Waals surface area (Å²) in [6.45, 7) is 6.17. The third kappa shape index (κ3) is 10.0. The third-order valence-corrected chi connectivity index (χ3v) is 13.5. The maximum atomic E-state index is 15.7. The minimum atomic E-state index is -0.824. The number of halogens is 3. The number of imidazole rings is 1. The number of hydrogen-bond donors (Lipinski definition) is 3. The SMILES string of the molecule is Cn1cnc2c(F)c(Nc3ccc(Br)cc3F)c(C(=O)NOCC(=O)N3CCC(CC4CCN(CC5CCN(c6cncc(C7CCC(=O)NC7=O)c6)CC5)CC4)CC3)cc21. The van der Waals surface area contributed by atoms with Crippen molar-refractivity contribution in [2.75, 3.05) is 62.6 Å². The van der Waals surface area contributed by atoms with Gasteiger partial charge in [-0.05, 0) is 118 Å². The summed E-state index contributed by atoms with van der Waals surface area (Å²) in [5, 5.41) is 5.16. The van der Waals surface area contributed by atoms with Crippen LogP contribution in [0.1, 0.15) is 79.6 Å². The van der Waals surface area contributed by atoms with Crippen molar-refractivity contribution in [1.29, 1.82) is 0 Å². The molecule has 2 aromatic heterocycles. The minimum Gasteiger partial charge on any atom is -0.370 e. The van der Waals surface area contributed by atoms with Crippen molar-refractivity contribution < 1.29 is 32.8 Å². The largest absolute Gasteiger partial charge is 0.370 e. The highest BCUT2D eigenvalue weighted by molar-refractivity contribution is 9.10. The van der Waals surface area contributed by atoms with Crippen LogP contribution in [0.4, 0.5) is 25.8 Å². The molecule has 4 aliphatic rings. The van der Waals surface area contributed by atoms with Gasteiger partial charge in [-0.25, -0.2) is 19.2 Å². The number of aryl methyl sites for hydroxylation is 1. The van der Waals surface area contributed by atoms with E-state index in [1.165, 1.54) is 43.8 Å². The highest BCUT2D eigenvalue weighted by Gasteiger charge is 2.31. The number of imide groups is 1. The van der Waals surface area contributed by atoms with Crippen molar-refractivity contribution in [3.8, 4) is 0 Å². The molecular formula is C44H52BrF2N9O5. The summed E-state index contributed by atoms with van der Waals surface area (Å²) in [7, 11) is 1.67. The molecule has 0 radical (unpaired) electrons. The molecule has 6 heterocycles. The molecule has 8 rings (SSSR count). The van der Waals surface area contributed by atoms with E-state index in [2.05, 4.69) is 57.9 Å². The second kappa shape index (κ2) is 18.9. The Hall–Kier alpha value is -5.00. The lowest BCUT2D eigenvalue weighted by Gasteiger charge is -2.39. The highest BCUT2D eigenvalue weighted by atomic mass is 79.9. The first-order chi connectivity index (χ1) is 29.5. The Bertz CT molecular complexity index is 2270. The zero-order valence-corrected chi connectivity index (χ0v) is 35.9. The van der Waals surface area contributed by atoms with E-state index in [0.717, 1.165) is 69.7 Å². The molecule has 0 spiro atoms. The number of amides is 4. The second-order valence-corrected chi connectivity index (χ2v) is 17.9. The quantitative estimate of drug-likeness (QED) is 0.111. The molecule has 0 saturated carbocycles. The Morgan fingerprint density at radius 3 is 2.36 bits per heavy atom. The zero-order chi connectivity index (χ0) is 42.6. The molecule has 0 bridgehead atoms. The highest BCUT2D eigenvalue weighted by Crippen LogP contribution is 2.34. The predicted octanol–water partition coefficient (Wildman–Crippen LogP) is 6.19. The molecule has 4 aliphatic heterocycles. The molecule has 61 heavy (non-hydrogen) atoms. The molecule has 1 atom stereocenters. The number of hydrogen-bond acceptors (Lipinski definition) is 10. The molecule has 4 fully saturated rings. The topological polar surface area (TPSA) is 154 Å². The first-order valence-corrected chi connectivity index (χ1v) is 22.1. The molecular weight excluding hydrogens is 852 g/mol. The Kier molecular flexibility index (Phi) is 13.3. The summed E-state index contributed by atoms with van der Waals surface area (Å²) >= 11 is 3.21. The summed E-state index contributed by atoms with van der Waals surface area (Å²) in [5.41, 5.74) is 4.14. The molecule has 4 saturated heterocycles. The van der Waals surface area contributed by atoms with Crippen molar-refractivity contribution >= 4 is 67.7 Å². The monoisotopic (exact) mass is 903 g/mol. The first-order valence-electron chi connectivity index (χ1n) is 21.3. The van der Waals surface area contributed by atoms with Gasteiger partial charge in [0.25, 0.3) is 11.8 Å². The van der Waals surface area contributed by atoms with Crippen LogP contribution in [0.25, 0.3) is 11.0 Å². The number of fused-ring (bicyclic) bond motifs is 1. The van der Waals surface area contributed by atoms with E-state index in [0.29, 0.717) is 53.7 Å². The van der Waals surface area contributed by atoms with Crippen molar-refractivity contribution in [2.45, 2.75) is 63.7 Å². The Morgan fingerprint density at radius 1 is 0.918 bits per heavy atom. The number of anilines is 3. The number of benzene rings is 2. The van der Waals surface area contributed by atoms with Gasteiger partial charge in [-0.3, -0.25) is 34.3 Å². The average molecular weight is 905 g/mol. The summed E-state index contributed by atoms with van der Waals surface area (Å²) in [6.07, 6.45) is 13.6. The summed E-state index contributed by atoms with van der Waals surface area (Å²) < 4.78 is 32.5. The van der Waals surface area contributed by atoms with Gasteiger partial charge in [0, 0.05) is 56.9 Å². The summed E-state index contributed by atoms with van der Waals surface area (Å²) in [6, 6.07) is 7.75. The molecule has 3 N–H and O–H groups in total. The van der Waals surface area contributed by atoms with Crippen molar-refractivity contribution in [3.63, 3.8) is 0 Å². The number of nitrogens with one attached hydrogen (secondary N) is 3. The second-order valence-electron chi connectivity index (χ2n) is 17.0. The number of hydroxylamine groups is 1.